The number of ether oxygens (including phenoxy) is 1. The molecule has 1 atom stereocenters. The van der Waals surface area contributed by atoms with Crippen LogP contribution in [0.15, 0.2) is 22.8 Å². The van der Waals surface area contributed by atoms with Crippen LogP contribution in [0.2, 0.25) is 0 Å². The summed E-state index contributed by atoms with van der Waals surface area (Å²) in [5.74, 6) is -0.620. The summed E-state index contributed by atoms with van der Waals surface area (Å²) in [5.41, 5.74) is 0. The minimum Gasteiger partial charge on any atom is -0.464 e. The third kappa shape index (κ3) is 11.8. The lowest BCUT2D eigenvalue weighted by atomic mass is 10.0. The number of furan rings is 1. The average molecular weight is 394 g/mol. The summed E-state index contributed by atoms with van der Waals surface area (Å²) in [7, 11) is 0. The van der Waals surface area contributed by atoms with E-state index in [1.54, 1.807) is 19.1 Å². The first-order chi connectivity index (χ1) is 13.6. The summed E-state index contributed by atoms with van der Waals surface area (Å²) >= 11 is 0. The molecule has 0 saturated heterocycles. The lowest BCUT2D eigenvalue weighted by molar-refractivity contribution is -0.145. The summed E-state index contributed by atoms with van der Waals surface area (Å²) in [6.07, 6.45) is 18.1. The standard InChI is InChI=1S/C23H39NO4/c1-3-4-5-6-7-8-9-10-11-12-13-14-15-18-28-23(26)20(2)24-22(25)21-17-16-19-27-21/h16-17,19-20H,3-15,18H2,1-2H3,(H,24,25)/t20-/m0/s1. The van der Waals surface area contributed by atoms with Crippen LogP contribution < -0.4 is 5.32 Å². The molecule has 0 fully saturated rings. The van der Waals surface area contributed by atoms with Gasteiger partial charge in [-0.3, -0.25) is 4.79 Å². The van der Waals surface area contributed by atoms with Gasteiger partial charge in [0.25, 0.3) is 5.91 Å². The lowest BCUT2D eigenvalue weighted by Gasteiger charge is -2.12. The Morgan fingerprint density at radius 2 is 1.46 bits per heavy atom. The van der Waals surface area contributed by atoms with Crippen molar-refractivity contribution in [2.45, 2.75) is 103 Å². The Morgan fingerprint density at radius 3 is 1.96 bits per heavy atom. The Labute approximate surface area is 170 Å². The maximum absolute atomic E-state index is 11.9. The molecule has 0 spiro atoms. The second-order valence-electron chi connectivity index (χ2n) is 7.58. The van der Waals surface area contributed by atoms with Crippen molar-refractivity contribution in [3.05, 3.63) is 24.2 Å². The van der Waals surface area contributed by atoms with Crippen LogP contribution in [0.4, 0.5) is 0 Å². The number of unbranched alkanes of at least 4 members (excludes halogenated alkanes) is 12. The summed E-state index contributed by atoms with van der Waals surface area (Å²) in [6.45, 7) is 4.29. The fourth-order valence-corrected chi connectivity index (χ4v) is 3.15. The molecular weight excluding hydrogens is 354 g/mol. The second-order valence-corrected chi connectivity index (χ2v) is 7.58. The van der Waals surface area contributed by atoms with Gasteiger partial charge in [0.2, 0.25) is 0 Å². The van der Waals surface area contributed by atoms with E-state index < -0.39 is 17.9 Å². The number of hydrogen-bond donors (Lipinski definition) is 1. The molecule has 0 radical (unpaired) electrons. The monoisotopic (exact) mass is 393 g/mol. The number of rotatable bonds is 17. The van der Waals surface area contributed by atoms with Gasteiger partial charge in [-0.1, -0.05) is 84.0 Å². The average Bonchev–Trinajstić information content (AvgIpc) is 3.23. The first-order valence-electron chi connectivity index (χ1n) is 11.2. The summed E-state index contributed by atoms with van der Waals surface area (Å²) in [5, 5.41) is 2.57. The van der Waals surface area contributed by atoms with E-state index in [9.17, 15) is 9.59 Å². The first-order valence-corrected chi connectivity index (χ1v) is 11.2. The highest BCUT2D eigenvalue weighted by atomic mass is 16.5. The first kappa shape index (κ1) is 24.3. The number of esters is 1. The van der Waals surface area contributed by atoms with E-state index in [1.807, 2.05) is 0 Å². The summed E-state index contributed by atoms with van der Waals surface area (Å²) in [6, 6.07) is 2.51. The Hall–Kier alpha value is -1.78. The minimum absolute atomic E-state index is 0.191. The van der Waals surface area contributed by atoms with Gasteiger partial charge in [-0.25, -0.2) is 4.79 Å². The van der Waals surface area contributed by atoms with Crippen molar-refractivity contribution < 1.29 is 18.7 Å². The van der Waals surface area contributed by atoms with Gasteiger partial charge in [0.15, 0.2) is 5.76 Å². The van der Waals surface area contributed by atoms with Gasteiger partial charge in [-0.05, 0) is 25.5 Å². The van der Waals surface area contributed by atoms with E-state index in [0.717, 1.165) is 12.8 Å². The van der Waals surface area contributed by atoms with Crippen LogP contribution in [0.1, 0.15) is 108 Å². The maximum atomic E-state index is 11.9. The number of amides is 1. The number of carbonyl (C=O) groups excluding carboxylic acids is 2. The molecule has 0 aliphatic heterocycles. The smallest absolute Gasteiger partial charge is 0.328 e. The van der Waals surface area contributed by atoms with Gasteiger partial charge in [0.1, 0.15) is 6.04 Å². The zero-order valence-electron chi connectivity index (χ0n) is 17.8. The van der Waals surface area contributed by atoms with E-state index in [2.05, 4.69) is 12.2 Å². The lowest BCUT2D eigenvalue weighted by Crippen LogP contribution is -2.39. The molecule has 1 aromatic rings. The van der Waals surface area contributed by atoms with Crippen molar-refractivity contribution in [1.29, 1.82) is 0 Å². The zero-order chi connectivity index (χ0) is 20.5. The molecule has 160 valence electrons. The number of hydrogen-bond acceptors (Lipinski definition) is 4. The molecule has 1 aromatic heterocycles. The normalized spacial score (nSPS) is 11.9. The van der Waals surface area contributed by atoms with Crippen molar-refractivity contribution in [2.24, 2.45) is 0 Å². The van der Waals surface area contributed by atoms with Crippen molar-refractivity contribution in [1.82, 2.24) is 5.32 Å². The van der Waals surface area contributed by atoms with E-state index >= 15 is 0 Å². The van der Waals surface area contributed by atoms with Gasteiger partial charge in [0, 0.05) is 0 Å². The molecule has 28 heavy (non-hydrogen) atoms. The molecule has 1 N–H and O–H groups in total. The predicted octanol–water partition coefficient (Wildman–Crippen LogP) is 6.03. The fraction of sp³-hybridized carbons (Fsp3) is 0.739. The Morgan fingerprint density at radius 1 is 0.929 bits per heavy atom. The molecule has 0 aromatic carbocycles. The van der Waals surface area contributed by atoms with Crippen LogP contribution in [0.5, 0.6) is 0 Å². The molecule has 1 rings (SSSR count). The Balaban J connectivity index is 1.88. The number of carbonyl (C=O) groups is 2. The highest BCUT2D eigenvalue weighted by molar-refractivity contribution is 5.94. The van der Waals surface area contributed by atoms with Crippen molar-refractivity contribution >= 4 is 11.9 Å². The molecule has 0 aliphatic carbocycles. The van der Waals surface area contributed by atoms with Gasteiger partial charge in [-0.2, -0.15) is 0 Å². The van der Waals surface area contributed by atoms with E-state index in [4.69, 9.17) is 9.15 Å². The summed E-state index contributed by atoms with van der Waals surface area (Å²) < 4.78 is 10.2. The van der Waals surface area contributed by atoms with Crippen LogP contribution in [-0.4, -0.2) is 24.5 Å². The van der Waals surface area contributed by atoms with Crippen molar-refractivity contribution in [3.8, 4) is 0 Å². The molecule has 0 aliphatic rings. The highest BCUT2D eigenvalue weighted by Gasteiger charge is 2.19. The van der Waals surface area contributed by atoms with Gasteiger partial charge in [0.05, 0.1) is 12.9 Å². The molecule has 0 saturated carbocycles. The van der Waals surface area contributed by atoms with Crippen LogP contribution >= 0.6 is 0 Å². The molecule has 0 unspecified atom stereocenters. The SMILES string of the molecule is CCCCCCCCCCCCCCCOC(=O)[C@H](C)NC(=O)c1ccco1. The molecule has 5 nitrogen and oxygen atoms in total. The van der Waals surface area contributed by atoms with Gasteiger partial charge in [-0.15, -0.1) is 0 Å². The highest BCUT2D eigenvalue weighted by Crippen LogP contribution is 2.12. The van der Waals surface area contributed by atoms with Crippen molar-refractivity contribution in [2.75, 3.05) is 6.61 Å². The fourth-order valence-electron chi connectivity index (χ4n) is 3.15. The van der Waals surface area contributed by atoms with Gasteiger partial charge >= 0.3 is 5.97 Å². The van der Waals surface area contributed by atoms with Crippen LogP contribution in [0.25, 0.3) is 0 Å². The van der Waals surface area contributed by atoms with E-state index in [1.165, 1.54) is 76.9 Å². The third-order valence-corrected chi connectivity index (χ3v) is 4.94. The third-order valence-electron chi connectivity index (χ3n) is 4.94. The second kappa shape index (κ2) is 16.2. The predicted molar refractivity (Wildman–Crippen MR) is 112 cm³/mol. The summed E-state index contributed by atoms with van der Waals surface area (Å²) in [4.78, 5) is 23.7. The zero-order valence-corrected chi connectivity index (χ0v) is 17.8. The van der Waals surface area contributed by atoms with Crippen LogP contribution in [0.3, 0.4) is 0 Å². The molecule has 5 heteroatoms. The Bertz CT molecular complexity index is 513. The topological polar surface area (TPSA) is 68.5 Å². The van der Waals surface area contributed by atoms with Crippen LogP contribution in [-0.2, 0) is 9.53 Å². The largest absolute Gasteiger partial charge is 0.464 e. The van der Waals surface area contributed by atoms with Crippen molar-refractivity contribution in [3.63, 3.8) is 0 Å². The molecule has 0 bridgehead atoms. The minimum atomic E-state index is -0.681. The molecular formula is C23H39NO4. The maximum Gasteiger partial charge on any atom is 0.328 e. The quantitative estimate of drug-likeness (QED) is 0.259. The Kier molecular flexibility index (Phi) is 14.0. The van der Waals surface area contributed by atoms with E-state index in [-0.39, 0.29) is 5.76 Å². The number of nitrogens with one attached hydrogen (secondary N) is 1. The molecule has 1 amide bonds. The van der Waals surface area contributed by atoms with Gasteiger partial charge < -0.3 is 14.5 Å². The van der Waals surface area contributed by atoms with E-state index in [0.29, 0.717) is 6.61 Å². The molecule has 1 heterocycles. The van der Waals surface area contributed by atoms with Crippen LogP contribution in [0, 0.1) is 0 Å².